The van der Waals surface area contributed by atoms with E-state index in [0.717, 1.165) is 23.2 Å². The molecular formula is C20H23N3O2S. The third-order valence-electron chi connectivity index (χ3n) is 4.35. The van der Waals surface area contributed by atoms with Crippen molar-refractivity contribution >= 4 is 34.6 Å². The molecular weight excluding hydrogens is 346 g/mol. The van der Waals surface area contributed by atoms with Crippen LogP contribution in [0.5, 0.6) is 0 Å². The van der Waals surface area contributed by atoms with Crippen LogP contribution >= 0.6 is 11.3 Å². The Bertz CT molecular complexity index is 843. The number of thiophene rings is 1. The van der Waals surface area contributed by atoms with Crippen molar-refractivity contribution in [3.63, 3.8) is 0 Å². The number of amides is 2. The van der Waals surface area contributed by atoms with Gasteiger partial charge in [0, 0.05) is 30.2 Å². The van der Waals surface area contributed by atoms with Gasteiger partial charge < -0.3 is 5.32 Å². The topological polar surface area (TPSA) is 61.8 Å². The lowest BCUT2D eigenvalue weighted by atomic mass is 10.1. The minimum atomic E-state index is -0.197. The Kier molecular flexibility index (Phi) is 5.52. The summed E-state index contributed by atoms with van der Waals surface area (Å²) < 4.78 is 0. The first-order chi connectivity index (χ1) is 12.4. The highest BCUT2D eigenvalue weighted by molar-refractivity contribution is 7.09. The average Bonchev–Trinajstić information content (AvgIpc) is 3.10. The second-order valence-corrected chi connectivity index (χ2v) is 7.73. The highest BCUT2D eigenvalue weighted by Crippen LogP contribution is 2.25. The van der Waals surface area contributed by atoms with Gasteiger partial charge in [0.1, 0.15) is 5.71 Å². The number of rotatable bonds is 5. The Hall–Kier alpha value is -2.47. The molecule has 5 nitrogen and oxygen atoms in total. The summed E-state index contributed by atoms with van der Waals surface area (Å²) in [6.45, 7) is 5.89. The fourth-order valence-corrected chi connectivity index (χ4v) is 3.78. The Morgan fingerprint density at radius 3 is 2.85 bits per heavy atom. The molecule has 1 aliphatic rings. The van der Waals surface area contributed by atoms with Crippen LogP contribution in [-0.2, 0) is 16.0 Å². The second-order valence-electron chi connectivity index (χ2n) is 6.70. The van der Waals surface area contributed by atoms with Crippen molar-refractivity contribution in [2.75, 3.05) is 5.01 Å². The lowest BCUT2D eigenvalue weighted by molar-refractivity contribution is -0.119. The first-order valence-corrected chi connectivity index (χ1v) is 9.63. The number of anilines is 1. The molecule has 2 heterocycles. The number of nitrogens with one attached hydrogen (secondary N) is 1. The van der Waals surface area contributed by atoms with Crippen molar-refractivity contribution < 1.29 is 9.59 Å². The Morgan fingerprint density at radius 1 is 1.31 bits per heavy atom. The lowest BCUT2D eigenvalue weighted by Crippen LogP contribution is -2.42. The van der Waals surface area contributed by atoms with Gasteiger partial charge in [0.2, 0.25) is 5.91 Å². The zero-order chi connectivity index (χ0) is 18.7. The summed E-state index contributed by atoms with van der Waals surface area (Å²) in [5.41, 5.74) is 3.16. The third kappa shape index (κ3) is 4.19. The van der Waals surface area contributed by atoms with Crippen molar-refractivity contribution in [2.24, 2.45) is 5.10 Å². The van der Waals surface area contributed by atoms with Gasteiger partial charge in [-0.15, -0.1) is 11.3 Å². The molecule has 2 amide bonds. The van der Waals surface area contributed by atoms with E-state index in [1.165, 1.54) is 9.89 Å². The molecule has 3 rings (SSSR count). The van der Waals surface area contributed by atoms with E-state index in [1.807, 2.05) is 50.4 Å². The fourth-order valence-electron chi connectivity index (χ4n) is 2.94. The summed E-state index contributed by atoms with van der Waals surface area (Å²) >= 11 is 1.68. The van der Waals surface area contributed by atoms with Gasteiger partial charge in [-0.1, -0.05) is 18.2 Å². The molecule has 1 N–H and O–H groups in total. The maximum Gasteiger partial charge on any atom is 0.267 e. The molecule has 0 radical (unpaired) electrons. The van der Waals surface area contributed by atoms with Crippen LogP contribution in [0.4, 0.5) is 5.69 Å². The highest BCUT2D eigenvalue weighted by atomic mass is 32.1. The van der Waals surface area contributed by atoms with Gasteiger partial charge in [0.05, 0.1) is 5.69 Å². The molecule has 0 bridgehead atoms. The van der Waals surface area contributed by atoms with Crippen LogP contribution in [0.2, 0.25) is 0 Å². The van der Waals surface area contributed by atoms with Gasteiger partial charge in [0.15, 0.2) is 0 Å². The van der Waals surface area contributed by atoms with Gasteiger partial charge in [-0.3, -0.25) is 9.59 Å². The number of aryl methyl sites for hydroxylation is 2. The van der Waals surface area contributed by atoms with Crippen LogP contribution in [0.25, 0.3) is 0 Å². The zero-order valence-corrected chi connectivity index (χ0v) is 16.1. The SMILES string of the molecule is Cc1ccc(C)c(N2N=C(C(=O)N[C@H](C)Cc3cccs3)CCC2=O)c1. The van der Waals surface area contributed by atoms with E-state index in [1.54, 1.807) is 11.3 Å². The number of hydrogen-bond donors (Lipinski definition) is 1. The van der Waals surface area contributed by atoms with Crippen LogP contribution in [0.15, 0.2) is 40.8 Å². The van der Waals surface area contributed by atoms with Crippen LogP contribution in [-0.4, -0.2) is 23.6 Å². The van der Waals surface area contributed by atoms with E-state index in [0.29, 0.717) is 18.6 Å². The zero-order valence-electron chi connectivity index (χ0n) is 15.3. The van der Waals surface area contributed by atoms with Crippen molar-refractivity contribution in [3.05, 3.63) is 51.7 Å². The van der Waals surface area contributed by atoms with Crippen LogP contribution in [0, 0.1) is 13.8 Å². The number of benzene rings is 1. The van der Waals surface area contributed by atoms with Gasteiger partial charge in [-0.25, -0.2) is 5.01 Å². The summed E-state index contributed by atoms with van der Waals surface area (Å²) in [7, 11) is 0. The molecule has 0 saturated carbocycles. The monoisotopic (exact) mass is 369 g/mol. The average molecular weight is 369 g/mol. The van der Waals surface area contributed by atoms with Gasteiger partial charge in [0.25, 0.3) is 5.91 Å². The molecule has 0 spiro atoms. The van der Waals surface area contributed by atoms with Gasteiger partial charge in [-0.05, 0) is 49.4 Å². The van der Waals surface area contributed by atoms with E-state index in [9.17, 15) is 9.59 Å². The Morgan fingerprint density at radius 2 is 2.12 bits per heavy atom. The molecule has 26 heavy (non-hydrogen) atoms. The fraction of sp³-hybridized carbons (Fsp3) is 0.350. The molecule has 0 saturated heterocycles. The molecule has 0 fully saturated rings. The normalized spacial score (nSPS) is 15.6. The number of nitrogens with zero attached hydrogens (tertiary/aromatic N) is 2. The van der Waals surface area contributed by atoms with Crippen molar-refractivity contribution in [1.29, 1.82) is 0 Å². The molecule has 2 aromatic rings. The number of hydrogen-bond acceptors (Lipinski definition) is 4. The van der Waals surface area contributed by atoms with Crippen molar-refractivity contribution in [3.8, 4) is 0 Å². The molecule has 136 valence electrons. The molecule has 1 aromatic heterocycles. The molecule has 1 aromatic carbocycles. The van der Waals surface area contributed by atoms with Crippen LogP contribution < -0.4 is 10.3 Å². The van der Waals surface area contributed by atoms with E-state index in [2.05, 4.69) is 16.5 Å². The van der Waals surface area contributed by atoms with Crippen LogP contribution in [0.1, 0.15) is 35.8 Å². The largest absolute Gasteiger partial charge is 0.348 e. The van der Waals surface area contributed by atoms with E-state index in [-0.39, 0.29) is 17.9 Å². The molecule has 1 aliphatic heterocycles. The maximum atomic E-state index is 12.6. The molecule has 6 heteroatoms. The predicted molar refractivity (Wildman–Crippen MR) is 106 cm³/mol. The minimum Gasteiger partial charge on any atom is -0.348 e. The van der Waals surface area contributed by atoms with E-state index in [4.69, 9.17) is 0 Å². The summed E-state index contributed by atoms with van der Waals surface area (Å²) in [6, 6.07) is 9.97. The second kappa shape index (κ2) is 7.83. The molecule has 0 unspecified atom stereocenters. The standard InChI is InChI=1S/C20H23N3O2S/c1-13-6-7-14(2)18(11-13)23-19(24)9-8-17(22-23)20(25)21-15(3)12-16-5-4-10-26-16/h4-7,10-11,15H,8-9,12H2,1-3H3,(H,21,25)/t15-/m1/s1. The summed E-state index contributed by atoms with van der Waals surface area (Å²) in [6.07, 6.45) is 1.45. The summed E-state index contributed by atoms with van der Waals surface area (Å²) in [5, 5.41) is 10.8. The number of carbonyl (C=O) groups excluding carboxylic acids is 2. The lowest BCUT2D eigenvalue weighted by Gasteiger charge is -2.25. The first-order valence-electron chi connectivity index (χ1n) is 8.75. The van der Waals surface area contributed by atoms with Crippen molar-refractivity contribution in [2.45, 2.75) is 46.1 Å². The summed E-state index contributed by atoms with van der Waals surface area (Å²) in [4.78, 5) is 26.2. The van der Waals surface area contributed by atoms with E-state index < -0.39 is 0 Å². The third-order valence-corrected chi connectivity index (χ3v) is 5.25. The van der Waals surface area contributed by atoms with E-state index >= 15 is 0 Å². The Labute approximate surface area is 157 Å². The van der Waals surface area contributed by atoms with Crippen molar-refractivity contribution in [1.82, 2.24) is 5.32 Å². The smallest absolute Gasteiger partial charge is 0.267 e. The Balaban J connectivity index is 1.75. The minimum absolute atomic E-state index is 0.00985. The van der Waals surface area contributed by atoms with Gasteiger partial charge in [-0.2, -0.15) is 5.10 Å². The highest BCUT2D eigenvalue weighted by Gasteiger charge is 2.27. The first kappa shape index (κ1) is 18.3. The predicted octanol–water partition coefficient (Wildman–Crippen LogP) is 3.60. The number of hydrazone groups is 1. The molecule has 1 atom stereocenters. The maximum absolute atomic E-state index is 12.6. The quantitative estimate of drug-likeness (QED) is 0.875. The number of carbonyl (C=O) groups is 2. The molecule has 0 aliphatic carbocycles. The van der Waals surface area contributed by atoms with Gasteiger partial charge >= 0.3 is 0 Å². The van der Waals surface area contributed by atoms with Crippen LogP contribution in [0.3, 0.4) is 0 Å². The summed E-state index contributed by atoms with van der Waals surface area (Å²) in [5.74, 6) is -0.279.